The molecule has 0 aliphatic heterocycles. The summed E-state index contributed by atoms with van der Waals surface area (Å²) in [6, 6.07) is 0.319. The van der Waals surface area contributed by atoms with Gasteiger partial charge in [0.1, 0.15) is 0 Å². The van der Waals surface area contributed by atoms with Gasteiger partial charge in [0.2, 0.25) is 0 Å². The van der Waals surface area contributed by atoms with E-state index in [1.54, 1.807) is 11.5 Å². The molecule has 0 bridgehead atoms. The first-order valence-corrected chi connectivity index (χ1v) is 6.94. The van der Waals surface area contributed by atoms with Gasteiger partial charge in [0.05, 0.1) is 0 Å². The summed E-state index contributed by atoms with van der Waals surface area (Å²) in [4.78, 5) is 13.8. The molecule has 1 rings (SSSR count). The van der Waals surface area contributed by atoms with Crippen LogP contribution in [0.2, 0.25) is 0 Å². The molecule has 104 valence electrons. The average molecular weight is 259 g/mol. The second-order valence-electron chi connectivity index (χ2n) is 5.61. The fraction of sp³-hybridized carbons (Fsp3) is 0.733. The van der Waals surface area contributed by atoms with Crippen LogP contribution in [0, 0.1) is 6.61 Å². The summed E-state index contributed by atoms with van der Waals surface area (Å²) in [6.07, 6.45) is 4.36. The Labute approximate surface area is 129 Å². The summed E-state index contributed by atoms with van der Waals surface area (Å²) in [5.74, 6) is 0. The van der Waals surface area contributed by atoms with Crippen molar-refractivity contribution >= 4 is 6.09 Å². The third-order valence-electron chi connectivity index (χ3n) is 3.42. The van der Waals surface area contributed by atoms with Crippen LogP contribution in [0.25, 0.3) is 0 Å². The van der Waals surface area contributed by atoms with Crippen molar-refractivity contribution in [1.82, 2.24) is 4.90 Å². The summed E-state index contributed by atoms with van der Waals surface area (Å²) < 4.78 is 5.34. The molecule has 0 N–H and O–H groups in total. The second kappa shape index (κ2) is 8.61. The molecule has 0 saturated carbocycles. The second-order valence-corrected chi connectivity index (χ2v) is 5.61. The maximum absolute atomic E-state index is 12.0. The third-order valence-corrected chi connectivity index (χ3v) is 3.42. The van der Waals surface area contributed by atoms with Crippen LogP contribution in [0.3, 0.4) is 0 Å². The van der Waals surface area contributed by atoms with Gasteiger partial charge in [-0.05, 0) is 27.7 Å². The van der Waals surface area contributed by atoms with Crippen molar-refractivity contribution in [2.45, 2.75) is 72.4 Å². The summed E-state index contributed by atoms with van der Waals surface area (Å²) >= 11 is 0. The average Bonchev–Trinajstić information content (AvgIpc) is 2.27. The third kappa shape index (κ3) is 5.55. The molecular formula is C15H26LiNO2. The Bertz CT molecular complexity index is 316. The molecular weight excluding hydrogens is 233 g/mol. The van der Waals surface area contributed by atoms with Crippen LogP contribution in [0.15, 0.2) is 11.1 Å². The van der Waals surface area contributed by atoms with E-state index in [4.69, 9.17) is 4.74 Å². The van der Waals surface area contributed by atoms with Crippen LogP contribution in [0.1, 0.15) is 60.3 Å². The maximum atomic E-state index is 12.0. The normalized spacial score (nSPS) is 15.3. The number of hydrogen-bond donors (Lipinski definition) is 0. The Morgan fingerprint density at radius 2 is 1.68 bits per heavy atom. The van der Waals surface area contributed by atoms with E-state index >= 15 is 0 Å². The molecule has 0 aromatic rings. The predicted molar refractivity (Wildman–Crippen MR) is 74.1 cm³/mol. The minimum Gasteiger partial charge on any atom is -0.511 e. The molecule has 0 spiro atoms. The zero-order valence-corrected chi connectivity index (χ0v) is 13.3. The van der Waals surface area contributed by atoms with Gasteiger partial charge in [-0.25, -0.2) is 10.4 Å². The minimum atomic E-state index is -0.245. The summed E-state index contributed by atoms with van der Waals surface area (Å²) in [5.41, 5.74) is 2.55. The van der Waals surface area contributed by atoms with E-state index in [2.05, 4.69) is 6.92 Å². The van der Waals surface area contributed by atoms with Crippen molar-refractivity contribution in [1.29, 1.82) is 0 Å². The SMILES string of the molecule is CC1=C([CH-]OC(=O)N(C(C)C)C(C)C)CCCC1.[Li+]. The van der Waals surface area contributed by atoms with Crippen LogP contribution in [-0.2, 0) is 4.74 Å². The molecule has 0 radical (unpaired) electrons. The fourth-order valence-electron chi connectivity index (χ4n) is 2.44. The van der Waals surface area contributed by atoms with Crippen LogP contribution >= 0.6 is 0 Å². The molecule has 1 amide bonds. The monoisotopic (exact) mass is 259 g/mol. The van der Waals surface area contributed by atoms with Crippen LogP contribution < -0.4 is 18.9 Å². The maximum Gasteiger partial charge on any atom is 1.00 e. The zero-order chi connectivity index (χ0) is 13.7. The van der Waals surface area contributed by atoms with Crippen molar-refractivity contribution in [3.8, 4) is 0 Å². The number of hydrogen-bond acceptors (Lipinski definition) is 2. The van der Waals surface area contributed by atoms with E-state index in [0.717, 1.165) is 12.8 Å². The Balaban J connectivity index is 0.00000324. The smallest absolute Gasteiger partial charge is 0.511 e. The van der Waals surface area contributed by atoms with E-state index in [1.165, 1.54) is 24.0 Å². The molecule has 4 heteroatoms. The summed E-state index contributed by atoms with van der Waals surface area (Å²) in [5, 5.41) is 0. The molecule has 0 atom stereocenters. The van der Waals surface area contributed by atoms with Crippen molar-refractivity contribution in [3.63, 3.8) is 0 Å². The van der Waals surface area contributed by atoms with Gasteiger partial charge in [-0.15, -0.1) is 6.92 Å². The number of allylic oxidation sites excluding steroid dienone is 1. The molecule has 19 heavy (non-hydrogen) atoms. The van der Waals surface area contributed by atoms with Gasteiger partial charge in [-0.3, -0.25) is 0 Å². The van der Waals surface area contributed by atoms with Gasteiger partial charge in [0.15, 0.2) is 0 Å². The number of ether oxygens (including phenoxy) is 1. The van der Waals surface area contributed by atoms with E-state index in [0.29, 0.717) is 0 Å². The van der Waals surface area contributed by atoms with Crippen LogP contribution in [0.5, 0.6) is 0 Å². The summed E-state index contributed by atoms with van der Waals surface area (Å²) in [7, 11) is 0. The van der Waals surface area contributed by atoms with Gasteiger partial charge in [-0.2, -0.15) is 5.57 Å². The first-order chi connectivity index (χ1) is 8.43. The molecule has 1 aliphatic carbocycles. The van der Waals surface area contributed by atoms with Crippen molar-refractivity contribution in [3.05, 3.63) is 17.8 Å². The number of carbonyl (C=O) groups is 1. The molecule has 0 fully saturated rings. The molecule has 3 nitrogen and oxygen atoms in total. The Morgan fingerprint density at radius 1 is 1.16 bits per heavy atom. The molecule has 1 aliphatic rings. The standard InChI is InChI=1S/C15H26NO2.Li/c1-11(2)16(12(3)4)15(17)18-10-14-9-7-6-8-13(14)5;/h10-12H,6-9H2,1-5H3;/q-1;+1. The largest absolute Gasteiger partial charge is 1.00 e. The number of nitrogens with zero attached hydrogens (tertiary/aromatic N) is 1. The molecule has 0 heterocycles. The molecule has 0 unspecified atom stereocenters. The molecule has 0 saturated heterocycles. The first-order valence-electron chi connectivity index (χ1n) is 6.94. The van der Waals surface area contributed by atoms with E-state index < -0.39 is 0 Å². The zero-order valence-electron chi connectivity index (χ0n) is 13.3. The first kappa shape index (κ1) is 18.5. The number of rotatable bonds is 4. The Kier molecular flexibility index (Phi) is 8.37. The molecule has 0 aromatic carbocycles. The van der Waals surface area contributed by atoms with Gasteiger partial charge < -0.3 is 9.64 Å². The van der Waals surface area contributed by atoms with Gasteiger partial charge in [0, 0.05) is 12.1 Å². The Morgan fingerprint density at radius 3 is 2.16 bits per heavy atom. The van der Waals surface area contributed by atoms with Crippen LogP contribution in [-0.4, -0.2) is 23.1 Å². The quantitative estimate of drug-likeness (QED) is 0.562. The van der Waals surface area contributed by atoms with Gasteiger partial charge >= 0.3 is 25.0 Å². The van der Waals surface area contributed by atoms with E-state index in [1.807, 2.05) is 27.7 Å². The predicted octanol–water partition coefficient (Wildman–Crippen LogP) is 1.30. The van der Waals surface area contributed by atoms with E-state index in [-0.39, 0.29) is 37.0 Å². The fourth-order valence-corrected chi connectivity index (χ4v) is 2.44. The van der Waals surface area contributed by atoms with Gasteiger partial charge in [-0.1, -0.05) is 32.3 Å². The van der Waals surface area contributed by atoms with Crippen molar-refractivity contribution in [2.24, 2.45) is 0 Å². The Hall–Kier alpha value is -0.523. The van der Waals surface area contributed by atoms with Crippen LogP contribution in [0.4, 0.5) is 4.79 Å². The van der Waals surface area contributed by atoms with E-state index in [9.17, 15) is 4.79 Å². The number of carbonyl (C=O) groups excluding carboxylic acids is 1. The molecule has 0 aromatic heterocycles. The van der Waals surface area contributed by atoms with Crippen molar-refractivity contribution in [2.75, 3.05) is 0 Å². The topological polar surface area (TPSA) is 29.5 Å². The number of amides is 1. The minimum absolute atomic E-state index is 0. The summed E-state index contributed by atoms with van der Waals surface area (Å²) in [6.45, 7) is 11.8. The van der Waals surface area contributed by atoms with Gasteiger partial charge in [0.25, 0.3) is 0 Å². The van der Waals surface area contributed by atoms with Crippen molar-refractivity contribution < 1.29 is 28.4 Å².